The van der Waals surface area contributed by atoms with Crippen LogP contribution >= 0.6 is 11.3 Å². The van der Waals surface area contributed by atoms with Gasteiger partial charge in [0.25, 0.3) is 0 Å². The Morgan fingerprint density at radius 1 is 1.18 bits per heavy atom. The summed E-state index contributed by atoms with van der Waals surface area (Å²) in [7, 11) is 0. The smallest absolute Gasteiger partial charge is 0.186 e. The number of fused-ring (bicyclic) bond motifs is 1. The minimum atomic E-state index is -0.852. The maximum absolute atomic E-state index is 12.6. The van der Waals surface area contributed by atoms with Crippen LogP contribution in [0.2, 0.25) is 0 Å². The van der Waals surface area contributed by atoms with Crippen molar-refractivity contribution in [3.63, 3.8) is 0 Å². The molecule has 0 unspecified atom stereocenters. The van der Waals surface area contributed by atoms with Gasteiger partial charge in [-0.3, -0.25) is 9.78 Å². The topological polar surface area (TPSA) is 66.6 Å². The number of rotatable bonds is 3. The van der Waals surface area contributed by atoms with Gasteiger partial charge >= 0.3 is 0 Å². The fourth-order valence-corrected chi connectivity index (χ4v) is 3.11. The fourth-order valence-electron chi connectivity index (χ4n) is 2.28. The summed E-state index contributed by atoms with van der Waals surface area (Å²) in [6, 6.07) is 11.2. The van der Waals surface area contributed by atoms with Crippen LogP contribution in [0.25, 0.3) is 10.9 Å². The van der Waals surface area contributed by atoms with Gasteiger partial charge in [0.1, 0.15) is 5.01 Å². The van der Waals surface area contributed by atoms with Gasteiger partial charge in [-0.15, -0.1) is 11.3 Å². The molecule has 1 atom stereocenters. The molecule has 0 aliphatic carbocycles. The van der Waals surface area contributed by atoms with Crippen LogP contribution < -0.4 is 0 Å². The van der Waals surface area contributed by atoms with Crippen LogP contribution in [0.1, 0.15) is 32.7 Å². The molecule has 2 aromatic heterocycles. The molecule has 0 amide bonds. The fraction of sp³-hybridized carbons (Fsp3) is 0.176. The number of pyridine rings is 1. The molecule has 22 heavy (non-hydrogen) atoms. The van der Waals surface area contributed by atoms with Crippen LogP contribution in [-0.4, -0.2) is 15.8 Å². The van der Waals surface area contributed by atoms with Crippen LogP contribution in [0, 0.1) is 25.2 Å². The number of hydrogen-bond donors (Lipinski definition) is 0. The summed E-state index contributed by atoms with van der Waals surface area (Å²) < 4.78 is 0. The van der Waals surface area contributed by atoms with E-state index in [1.807, 2.05) is 37.4 Å². The number of aryl methyl sites for hydroxylation is 2. The number of Topliss-reactive ketones (excluding diaryl/α,β-unsaturated/α-hetero) is 1. The minimum absolute atomic E-state index is 0.223. The molecule has 5 heteroatoms. The minimum Gasteiger partial charge on any atom is -0.292 e. The second-order valence-electron chi connectivity index (χ2n) is 5.11. The zero-order chi connectivity index (χ0) is 15.7. The Morgan fingerprint density at radius 2 is 2.00 bits per heavy atom. The van der Waals surface area contributed by atoms with Gasteiger partial charge in [0.2, 0.25) is 0 Å². The van der Waals surface area contributed by atoms with Crippen molar-refractivity contribution in [1.29, 1.82) is 5.26 Å². The van der Waals surface area contributed by atoms with Gasteiger partial charge in [-0.2, -0.15) is 5.26 Å². The van der Waals surface area contributed by atoms with Gasteiger partial charge in [0, 0.05) is 27.7 Å². The van der Waals surface area contributed by atoms with Gasteiger partial charge in [-0.25, -0.2) is 4.98 Å². The molecule has 1 aromatic carbocycles. The quantitative estimate of drug-likeness (QED) is 0.690. The van der Waals surface area contributed by atoms with E-state index in [1.54, 1.807) is 12.1 Å². The summed E-state index contributed by atoms with van der Waals surface area (Å²) in [5, 5.41) is 12.6. The van der Waals surface area contributed by atoms with E-state index < -0.39 is 5.92 Å². The van der Waals surface area contributed by atoms with Gasteiger partial charge < -0.3 is 0 Å². The molecule has 0 N–H and O–H groups in total. The van der Waals surface area contributed by atoms with E-state index in [9.17, 15) is 10.1 Å². The Labute approximate surface area is 132 Å². The molecule has 0 saturated heterocycles. The molecule has 2 heterocycles. The Kier molecular flexibility index (Phi) is 3.70. The molecular weight excluding hydrogens is 294 g/mol. The number of carbonyl (C=O) groups is 1. The summed E-state index contributed by atoms with van der Waals surface area (Å²) in [4.78, 5) is 21.3. The SMILES string of the molecule is Cc1csc([C@H](C#N)C(=O)c2ccc3nc(C)ccc3c2)n1. The predicted molar refractivity (Wildman–Crippen MR) is 86.0 cm³/mol. The molecule has 0 radical (unpaired) electrons. The lowest BCUT2D eigenvalue weighted by molar-refractivity contribution is 0.0979. The molecule has 3 rings (SSSR count). The molecule has 0 fully saturated rings. The van der Waals surface area contributed by atoms with Crippen molar-refractivity contribution in [1.82, 2.24) is 9.97 Å². The maximum atomic E-state index is 12.6. The summed E-state index contributed by atoms with van der Waals surface area (Å²) >= 11 is 1.34. The number of nitriles is 1. The third-order valence-electron chi connectivity index (χ3n) is 3.39. The molecular formula is C17H13N3OS. The zero-order valence-electron chi connectivity index (χ0n) is 12.2. The highest BCUT2D eigenvalue weighted by Gasteiger charge is 2.24. The average Bonchev–Trinajstić information content (AvgIpc) is 2.93. The third-order valence-corrected chi connectivity index (χ3v) is 4.42. The lowest BCUT2D eigenvalue weighted by Gasteiger charge is -2.07. The summed E-state index contributed by atoms with van der Waals surface area (Å²) in [5.41, 5.74) is 3.11. The molecule has 0 bridgehead atoms. The van der Waals surface area contributed by atoms with Crippen LogP contribution in [0.15, 0.2) is 35.7 Å². The van der Waals surface area contributed by atoms with E-state index in [2.05, 4.69) is 16.0 Å². The first-order chi connectivity index (χ1) is 10.6. The van der Waals surface area contributed by atoms with Crippen molar-refractivity contribution in [2.24, 2.45) is 0 Å². The highest BCUT2D eigenvalue weighted by molar-refractivity contribution is 7.10. The van der Waals surface area contributed by atoms with E-state index in [0.29, 0.717) is 10.6 Å². The number of nitrogens with zero attached hydrogens (tertiary/aromatic N) is 3. The normalized spacial score (nSPS) is 12.0. The van der Waals surface area contributed by atoms with Crippen molar-refractivity contribution in [2.45, 2.75) is 19.8 Å². The number of hydrogen-bond acceptors (Lipinski definition) is 5. The molecule has 108 valence electrons. The number of thiazole rings is 1. The van der Waals surface area contributed by atoms with E-state index in [4.69, 9.17) is 0 Å². The lowest BCUT2D eigenvalue weighted by Crippen LogP contribution is -2.11. The molecule has 0 aliphatic heterocycles. The van der Waals surface area contributed by atoms with Crippen molar-refractivity contribution in [2.75, 3.05) is 0 Å². The molecule has 0 aliphatic rings. The summed E-state index contributed by atoms with van der Waals surface area (Å²) in [6.07, 6.45) is 0. The van der Waals surface area contributed by atoms with E-state index >= 15 is 0 Å². The number of carbonyl (C=O) groups excluding carboxylic acids is 1. The Bertz CT molecular complexity index is 908. The number of ketones is 1. The molecule has 3 aromatic rings. The number of benzene rings is 1. The Balaban J connectivity index is 2.00. The van der Waals surface area contributed by atoms with Crippen LogP contribution in [-0.2, 0) is 0 Å². The largest absolute Gasteiger partial charge is 0.292 e. The second-order valence-corrected chi connectivity index (χ2v) is 6.00. The first kappa shape index (κ1) is 14.4. The van der Waals surface area contributed by atoms with Crippen molar-refractivity contribution < 1.29 is 4.79 Å². The van der Waals surface area contributed by atoms with Gasteiger partial charge in [-0.1, -0.05) is 6.07 Å². The maximum Gasteiger partial charge on any atom is 0.186 e. The number of aromatic nitrogens is 2. The van der Waals surface area contributed by atoms with Gasteiger partial charge in [0.15, 0.2) is 11.7 Å². The highest BCUT2D eigenvalue weighted by Crippen LogP contribution is 2.25. The average molecular weight is 307 g/mol. The highest BCUT2D eigenvalue weighted by atomic mass is 32.1. The summed E-state index contributed by atoms with van der Waals surface area (Å²) in [6.45, 7) is 3.78. The lowest BCUT2D eigenvalue weighted by atomic mass is 9.98. The van der Waals surface area contributed by atoms with Crippen molar-refractivity contribution in [3.8, 4) is 6.07 Å². The van der Waals surface area contributed by atoms with Gasteiger partial charge in [-0.05, 0) is 38.1 Å². The molecule has 0 spiro atoms. The third kappa shape index (κ3) is 2.61. The monoisotopic (exact) mass is 307 g/mol. The Hall–Kier alpha value is -2.58. The second kappa shape index (κ2) is 5.66. The Morgan fingerprint density at radius 3 is 2.68 bits per heavy atom. The van der Waals surface area contributed by atoms with Crippen LogP contribution in [0.3, 0.4) is 0 Å². The summed E-state index contributed by atoms with van der Waals surface area (Å²) in [5.74, 6) is -1.08. The first-order valence-electron chi connectivity index (χ1n) is 6.82. The van der Waals surface area contributed by atoms with Crippen LogP contribution in [0.4, 0.5) is 0 Å². The van der Waals surface area contributed by atoms with Crippen molar-refractivity contribution >= 4 is 28.0 Å². The van der Waals surface area contributed by atoms with E-state index in [1.165, 1.54) is 11.3 Å². The molecule has 4 nitrogen and oxygen atoms in total. The molecule has 0 saturated carbocycles. The van der Waals surface area contributed by atoms with Crippen LogP contribution in [0.5, 0.6) is 0 Å². The van der Waals surface area contributed by atoms with Gasteiger partial charge in [0.05, 0.1) is 11.6 Å². The van der Waals surface area contributed by atoms with E-state index in [0.717, 1.165) is 22.3 Å². The zero-order valence-corrected chi connectivity index (χ0v) is 13.0. The van der Waals surface area contributed by atoms with E-state index in [-0.39, 0.29) is 5.78 Å². The first-order valence-corrected chi connectivity index (χ1v) is 7.70. The standard InChI is InChI=1S/C17H13N3OS/c1-10-3-4-12-7-13(5-6-15(12)19-10)16(21)14(8-18)17-20-11(2)9-22-17/h3-7,9,14H,1-2H3/t14-/m1/s1. The van der Waals surface area contributed by atoms with Crippen molar-refractivity contribution in [3.05, 3.63) is 57.7 Å². The predicted octanol–water partition coefficient (Wildman–Crippen LogP) is 3.80.